The van der Waals surface area contributed by atoms with Gasteiger partial charge in [-0.1, -0.05) is 19.3 Å². The van der Waals surface area contributed by atoms with E-state index < -0.39 is 5.97 Å². The lowest BCUT2D eigenvalue weighted by Crippen LogP contribution is -2.28. The van der Waals surface area contributed by atoms with Crippen molar-refractivity contribution < 1.29 is 33.3 Å². The minimum atomic E-state index is -0.626. The molecule has 1 aliphatic carbocycles. The second-order valence-corrected chi connectivity index (χ2v) is 7.78. The van der Waals surface area contributed by atoms with E-state index in [-0.39, 0.29) is 23.1 Å². The summed E-state index contributed by atoms with van der Waals surface area (Å²) in [6.45, 7) is 0. The maximum Gasteiger partial charge on any atom is 0.343 e. The standard InChI is InChI=1S/C25H30N2O7/c1-30-20-12-16(15-26-27-24(28)17-8-6-5-7-9-17)10-11-19(20)34-25(29)18-13-21(31-2)23(33-4)22(14-18)32-3/h10-15,17H,5-9H2,1-4H3,(H,27,28). The van der Waals surface area contributed by atoms with Crippen LogP contribution in [0, 0.1) is 5.92 Å². The average Bonchev–Trinajstić information content (AvgIpc) is 2.88. The summed E-state index contributed by atoms with van der Waals surface area (Å²) >= 11 is 0. The van der Waals surface area contributed by atoms with E-state index in [1.165, 1.54) is 53.2 Å². The van der Waals surface area contributed by atoms with Crippen LogP contribution in [0.5, 0.6) is 28.7 Å². The van der Waals surface area contributed by atoms with Gasteiger partial charge in [0.2, 0.25) is 11.7 Å². The van der Waals surface area contributed by atoms with Crippen LogP contribution in [0.1, 0.15) is 48.0 Å². The Labute approximate surface area is 199 Å². The van der Waals surface area contributed by atoms with Crippen molar-refractivity contribution in [1.29, 1.82) is 0 Å². The van der Waals surface area contributed by atoms with Gasteiger partial charge in [0.15, 0.2) is 23.0 Å². The Balaban J connectivity index is 1.71. The van der Waals surface area contributed by atoms with Crippen LogP contribution in [0.15, 0.2) is 35.4 Å². The molecule has 0 radical (unpaired) electrons. The van der Waals surface area contributed by atoms with Crippen LogP contribution in [-0.4, -0.2) is 46.5 Å². The number of benzene rings is 2. The zero-order chi connectivity index (χ0) is 24.5. The highest BCUT2D eigenvalue weighted by Gasteiger charge is 2.21. The van der Waals surface area contributed by atoms with Gasteiger partial charge in [-0.2, -0.15) is 5.10 Å². The maximum atomic E-state index is 12.8. The first kappa shape index (κ1) is 24.9. The Morgan fingerprint density at radius 3 is 2.09 bits per heavy atom. The van der Waals surface area contributed by atoms with Crippen molar-refractivity contribution in [3.63, 3.8) is 0 Å². The van der Waals surface area contributed by atoms with Crippen LogP contribution in [0.4, 0.5) is 0 Å². The summed E-state index contributed by atoms with van der Waals surface area (Å²) in [4.78, 5) is 25.0. The molecule has 0 spiro atoms. The number of ether oxygens (including phenoxy) is 5. The van der Waals surface area contributed by atoms with Gasteiger partial charge in [-0.3, -0.25) is 4.79 Å². The van der Waals surface area contributed by atoms with Crippen LogP contribution in [0.3, 0.4) is 0 Å². The smallest absolute Gasteiger partial charge is 0.343 e. The van der Waals surface area contributed by atoms with E-state index in [1.807, 2.05) is 0 Å². The van der Waals surface area contributed by atoms with Gasteiger partial charge in [-0.05, 0) is 48.7 Å². The molecule has 0 aliphatic heterocycles. The molecule has 9 nitrogen and oxygen atoms in total. The first-order chi connectivity index (χ1) is 16.5. The fourth-order valence-electron chi connectivity index (χ4n) is 3.83. The SMILES string of the molecule is COc1cc(C=NNC(=O)C2CCCCC2)ccc1OC(=O)c1cc(OC)c(OC)c(OC)c1. The largest absolute Gasteiger partial charge is 0.493 e. The summed E-state index contributed by atoms with van der Waals surface area (Å²) in [6, 6.07) is 7.97. The number of amides is 1. The third-order valence-corrected chi connectivity index (χ3v) is 5.66. The van der Waals surface area contributed by atoms with E-state index in [0.717, 1.165) is 25.7 Å². The molecular weight excluding hydrogens is 440 g/mol. The molecule has 1 amide bonds. The summed E-state index contributed by atoms with van der Waals surface area (Å²) in [5.74, 6) is 0.950. The molecule has 1 N–H and O–H groups in total. The van der Waals surface area contributed by atoms with Crippen LogP contribution in [0.2, 0.25) is 0 Å². The number of hydrazone groups is 1. The minimum absolute atomic E-state index is 0.0254. The highest BCUT2D eigenvalue weighted by Crippen LogP contribution is 2.38. The Bertz CT molecular complexity index is 1020. The Morgan fingerprint density at radius 1 is 0.853 bits per heavy atom. The topological polar surface area (TPSA) is 105 Å². The van der Waals surface area contributed by atoms with Gasteiger partial charge in [0.05, 0.1) is 40.2 Å². The number of carbonyl (C=O) groups is 2. The second-order valence-electron chi connectivity index (χ2n) is 7.78. The van der Waals surface area contributed by atoms with E-state index in [0.29, 0.717) is 28.6 Å². The third kappa shape index (κ3) is 5.98. The lowest BCUT2D eigenvalue weighted by atomic mass is 9.89. The van der Waals surface area contributed by atoms with Gasteiger partial charge in [-0.15, -0.1) is 0 Å². The molecule has 0 heterocycles. The van der Waals surface area contributed by atoms with E-state index >= 15 is 0 Å². The molecule has 0 saturated heterocycles. The lowest BCUT2D eigenvalue weighted by Gasteiger charge is -2.19. The predicted octanol–water partition coefficient (Wildman–Crippen LogP) is 3.97. The number of nitrogens with zero attached hydrogens (tertiary/aromatic N) is 1. The van der Waals surface area contributed by atoms with Crippen molar-refractivity contribution in [1.82, 2.24) is 5.43 Å². The molecule has 3 rings (SSSR count). The van der Waals surface area contributed by atoms with Gasteiger partial charge in [0.25, 0.3) is 0 Å². The molecule has 2 aromatic rings. The average molecular weight is 471 g/mol. The van der Waals surface area contributed by atoms with Crippen molar-refractivity contribution in [2.75, 3.05) is 28.4 Å². The molecular formula is C25H30N2O7. The number of hydrogen-bond acceptors (Lipinski definition) is 8. The number of esters is 1. The van der Waals surface area contributed by atoms with Gasteiger partial charge in [0.1, 0.15) is 0 Å². The lowest BCUT2D eigenvalue weighted by molar-refractivity contribution is -0.125. The van der Waals surface area contributed by atoms with Crippen molar-refractivity contribution in [3.05, 3.63) is 41.5 Å². The molecule has 0 aromatic heterocycles. The zero-order valence-corrected chi connectivity index (χ0v) is 19.9. The van der Waals surface area contributed by atoms with Crippen LogP contribution in [0.25, 0.3) is 0 Å². The Hall–Kier alpha value is -3.75. The van der Waals surface area contributed by atoms with Crippen LogP contribution >= 0.6 is 0 Å². The monoisotopic (exact) mass is 470 g/mol. The number of hydrogen-bond donors (Lipinski definition) is 1. The quantitative estimate of drug-likeness (QED) is 0.256. The van der Waals surface area contributed by atoms with Gasteiger partial charge in [0, 0.05) is 5.92 Å². The predicted molar refractivity (Wildman–Crippen MR) is 126 cm³/mol. The van der Waals surface area contributed by atoms with Crippen molar-refractivity contribution in [2.45, 2.75) is 32.1 Å². The number of rotatable bonds is 9. The van der Waals surface area contributed by atoms with Crippen molar-refractivity contribution in [2.24, 2.45) is 11.0 Å². The molecule has 1 fully saturated rings. The molecule has 0 bridgehead atoms. The summed E-state index contributed by atoms with van der Waals surface area (Å²) < 4.78 is 26.8. The first-order valence-electron chi connectivity index (χ1n) is 11.0. The molecule has 1 aliphatic rings. The van der Waals surface area contributed by atoms with Gasteiger partial charge >= 0.3 is 5.97 Å². The summed E-state index contributed by atoms with van der Waals surface area (Å²) in [5.41, 5.74) is 3.50. The number of methoxy groups -OCH3 is 4. The molecule has 0 unspecified atom stereocenters. The highest BCUT2D eigenvalue weighted by atomic mass is 16.6. The summed E-state index contributed by atoms with van der Waals surface area (Å²) in [6.07, 6.45) is 6.67. The summed E-state index contributed by atoms with van der Waals surface area (Å²) in [7, 11) is 5.88. The maximum absolute atomic E-state index is 12.8. The second kappa shape index (κ2) is 11.9. The minimum Gasteiger partial charge on any atom is -0.493 e. The molecule has 2 aromatic carbocycles. The van der Waals surface area contributed by atoms with E-state index in [1.54, 1.807) is 18.2 Å². The number of carbonyl (C=O) groups excluding carboxylic acids is 2. The van der Waals surface area contributed by atoms with Crippen molar-refractivity contribution >= 4 is 18.1 Å². The van der Waals surface area contributed by atoms with E-state index in [9.17, 15) is 9.59 Å². The summed E-state index contributed by atoms with van der Waals surface area (Å²) in [5, 5.41) is 4.06. The molecule has 34 heavy (non-hydrogen) atoms. The van der Waals surface area contributed by atoms with Gasteiger partial charge < -0.3 is 23.7 Å². The van der Waals surface area contributed by atoms with Gasteiger partial charge in [-0.25, -0.2) is 10.2 Å². The molecule has 182 valence electrons. The Kier molecular flexibility index (Phi) is 8.73. The third-order valence-electron chi connectivity index (χ3n) is 5.66. The van der Waals surface area contributed by atoms with E-state index in [4.69, 9.17) is 23.7 Å². The highest BCUT2D eigenvalue weighted by molar-refractivity contribution is 5.93. The molecule has 9 heteroatoms. The number of nitrogens with one attached hydrogen (secondary N) is 1. The van der Waals surface area contributed by atoms with E-state index in [2.05, 4.69) is 10.5 Å². The fourth-order valence-corrected chi connectivity index (χ4v) is 3.83. The van der Waals surface area contributed by atoms with Crippen LogP contribution < -0.4 is 29.1 Å². The normalized spacial score (nSPS) is 13.9. The zero-order valence-electron chi connectivity index (χ0n) is 19.9. The molecule has 1 saturated carbocycles. The van der Waals surface area contributed by atoms with Crippen molar-refractivity contribution in [3.8, 4) is 28.7 Å². The Morgan fingerprint density at radius 2 is 1.50 bits per heavy atom. The van der Waals surface area contributed by atoms with Crippen LogP contribution in [-0.2, 0) is 4.79 Å². The molecule has 0 atom stereocenters. The fraction of sp³-hybridized carbons (Fsp3) is 0.400. The first-order valence-corrected chi connectivity index (χ1v) is 11.0.